The summed E-state index contributed by atoms with van der Waals surface area (Å²) in [5.74, 6) is -0.461. The Morgan fingerprint density at radius 3 is 2.36 bits per heavy atom. The van der Waals surface area contributed by atoms with E-state index in [-0.39, 0.29) is 4.90 Å². The number of aromatic nitrogens is 2. The maximum atomic E-state index is 14.5. The third-order valence-corrected chi connectivity index (χ3v) is 9.56. The van der Waals surface area contributed by atoms with Gasteiger partial charge in [-0.2, -0.15) is 4.39 Å². The Balaban J connectivity index is 1.38. The van der Waals surface area contributed by atoms with Crippen molar-refractivity contribution in [2.24, 2.45) is 0 Å². The van der Waals surface area contributed by atoms with Gasteiger partial charge >= 0.3 is 0 Å². The van der Waals surface area contributed by atoms with Gasteiger partial charge in [0.05, 0.1) is 10.4 Å². The minimum atomic E-state index is -3.76. The van der Waals surface area contributed by atoms with Crippen LogP contribution in [-0.2, 0) is 23.1 Å². The van der Waals surface area contributed by atoms with E-state index in [0.29, 0.717) is 30.2 Å². The summed E-state index contributed by atoms with van der Waals surface area (Å²) in [4.78, 5) is 8.78. The van der Waals surface area contributed by atoms with E-state index < -0.39 is 16.0 Å². The van der Waals surface area contributed by atoms with Gasteiger partial charge in [0, 0.05) is 42.5 Å². The lowest BCUT2D eigenvalue weighted by Gasteiger charge is -2.25. The number of halogens is 1. The fraction of sp³-hybridized carbons (Fsp3) is 0.387. The van der Waals surface area contributed by atoms with E-state index in [1.807, 2.05) is 24.3 Å². The van der Waals surface area contributed by atoms with Gasteiger partial charge in [0.1, 0.15) is 0 Å². The van der Waals surface area contributed by atoms with Gasteiger partial charge in [-0.25, -0.2) is 17.4 Å². The van der Waals surface area contributed by atoms with Gasteiger partial charge in [-0.15, -0.1) is 0 Å². The molecule has 8 heteroatoms. The number of hydrogen-bond donors (Lipinski definition) is 0. The second-order valence-corrected chi connectivity index (χ2v) is 12.4. The van der Waals surface area contributed by atoms with Crippen LogP contribution in [0.1, 0.15) is 49.7 Å². The molecule has 5 rings (SSSR count). The Kier molecular flexibility index (Phi) is 8.75. The molecule has 2 aromatic heterocycles. The molecule has 1 aliphatic rings. The van der Waals surface area contributed by atoms with Crippen LogP contribution in [0.15, 0.2) is 84.0 Å². The first kappa shape index (κ1) is 27.5. The van der Waals surface area contributed by atoms with E-state index in [4.69, 9.17) is 0 Å². The highest BCUT2D eigenvalue weighted by Crippen LogP contribution is 2.28. The molecule has 0 radical (unpaired) electrons. The lowest BCUT2D eigenvalue weighted by molar-refractivity contribution is 0.218. The molecule has 0 unspecified atom stereocenters. The number of para-hydroxylation sites is 1. The molecule has 0 atom stereocenters. The van der Waals surface area contributed by atoms with Crippen LogP contribution >= 0.6 is 0 Å². The molecule has 0 saturated heterocycles. The summed E-state index contributed by atoms with van der Waals surface area (Å²) in [6, 6.07) is 20.3. The smallest absolute Gasteiger partial charge is 0.268 e. The summed E-state index contributed by atoms with van der Waals surface area (Å²) in [6.45, 7) is 2.74. The zero-order valence-electron chi connectivity index (χ0n) is 22.5. The number of benzene rings is 2. The molecule has 0 bridgehead atoms. The van der Waals surface area contributed by atoms with E-state index in [0.717, 1.165) is 36.9 Å². The summed E-state index contributed by atoms with van der Waals surface area (Å²) >= 11 is 0. The molecule has 206 valence electrons. The molecular formula is C31H37FN4O2S. The third kappa shape index (κ3) is 6.40. The van der Waals surface area contributed by atoms with Gasteiger partial charge in [0.2, 0.25) is 5.95 Å². The highest BCUT2D eigenvalue weighted by atomic mass is 32.2. The van der Waals surface area contributed by atoms with Crippen molar-refractivity contribution in [2.45, 2.75) is 62.6 Å². The first-order chi connectivity index (χ1) is 18.9. The van der Waals surface area contributed by atoms with Crippen LogP contribution in [0.25, 0.3) is 10.9 Å². The summed E-state index contributed by atoms with van der Waals surface area (Å²) in [5.41, 5.74) is 2.08. The topological polar surface area (TPSA) is 58.4 Å². The number of fused-ring (bicyclic) bond motifs is 1. The molecule has 4 aromatic rings. The zero-order chi connectivity index (χ0) is 27.2. The zero-order valence-corrected chi connectivity index (χ0v) is 23.4. The van der Waals surface area contributed by atoms with Crippen LogP contribution < -0.4 is 0 Å². The fourth-order valence-corrected chi connectivity index (χ4v) is 7.12. The van der Waals surface area contributed by atoms with Crippen molar-refractivity contribution in [2.75, 3.05) is 20.1 Å². The predicted octanol–water partition coefficient (Wildman–Crippen LogP) is 6.07. The maximum absolute atomic E-state index is 14.5. The van der Waals surface area contributed by atoms with Gasteiger partial charge in [0.25, 0.3) is 10.0 Å². The van der Waals surface area contributed by atoms with Crippen molar-refractivity contribution in [3.63, 3.8) is 0 Å². The van der Waals surface area contributed by atoms with Crippen LogP contribution in [0.4, 0.5) is 4.39 Å². The molecule has 2 heterocycles. The lowest BCUT2D eigenvalue weighted by atomic mass is 10.1. The van der Waals surface area contributed by atoms with Crippen molar-refractivity contribution >= 4 is 20.9 Å². The summed E-state index contributed by atoms with van der Waals surface area (Å²) < 4.78 is 43.0. The highest BCUT2D eigenvalue weighted by Gasteiger charge is 2.23. The summed E-state index contributed by atoms with van der Waals surface area (Å²) in [7, 11) is -1.54. The van der Waals surface area contributed by atoms with Crippen molar-refractivity contribution < 1.29 is 12.8 Å². The van der Waals surface area contributed by atoms with E-state index in [2.05, 4.69) is 21.8 Å². The summed E-state index contributed by atoms with van der Waals surface area (Å²) in [5, 5.41) is 0.884. The monoisotopic (exact) mass is 548 g/mol. The van der Waals surface area contributed by atoms with Crippen LogP contribution in [0.3, 0.4) is 0 Å². The van der Waals surface area contributed by atoms with Gasteiger partial charge in [0.15, 0.2) is 0 Å². The second kappa shape index (κ2) is 12.4. The Bertz CT molecular complexity index is 1480. The molecule has 1 aliphatic carbocycles. The first-order valence-electron chi connectivity index (χ1n) is 13.8. The van der Waals surface area contributed by atoms with E-state index >= 15 is 0 Å². The van der Waals surface area contributed by atoms with Crippen LogP contribution in [0.2, 0.25) is 0 Å². The normalized spacial score (nSPS) is 14.7. The van der Waals surface area contributed by atoms with Gasteiger partial charge < -0.3 is 4.90 Å². The highest BCUT2D eigenvalue weighted by molar-refractivity contribution is 7.90. The third-order valence-electron chi connectivity index (χ3n) is 7.87. The number of rotatable bonds is 12. The van der Waals surface area contributed by atoms with E-state index in [1.165, 1.54) is 35.9 Å². The van der Waals surface area contributed by atoms with E-state index in [9.17, 15) is 12.8 Å². The van der Waals surface area contributed by atoms with Crippen molar-refractivity contribution in [1.29, 1.82) is 0 Å². The molecule has 0 spiro atoms. The van der Waals surface area contributed by atoms with Crippen LogP contribution in [0.5, 0.6) is 0 Å². The number of nitrogens with zero attached hydrogens (tertiary/aromatic N) is 4. The van der Waals surface area contributed by atoms with Crippen LogP contribution in [0, 0.1) is 5.95 Å². The minimum absolute atomic E-state index is 0.248. The Morgan fingerprint density at radius 1 is 0.897 bits per heavy atom. The SMILES string of the molecule is CN(CCCCN(Cc1cccnc1F)Cc1cn(S(=O)(=O)c2ccccc2)c2ccccc12)C1CCCC1. The van der Waals surface area contributed by atoms with Gasteiger partial charge in [-0.1, -0.05) is 55.3 Å². The van der Waals surface area contributed by atoms with Crippen molar-refractivity contribution in [3.8, 4) is 0 Å². The Labute approximate surface area is 231 Å². The van der Waals surface area contributed by atoms with Crippen LogP contribution in [-0.4, -0.2) is 53.4 Å². The van der Waals surface area contributed by atoms with E-state index in [1.54, 1.807) is 48.7 Å². The molecular weight excluding hydrogens is 511 g/mol. The molecule has 6 nitrogen and oxygen atoms in total. The van der Waals surface area contributed by atoms with Gasteiger partial charge in [-0.3, -0.25) is 4.90 Å². The first-order valence-corrected chi connectivity index (χ1v) is 15.3. The van der Waals surface area contributed by atoms with Crippen molar-refractivity contribution in [3.05, 3.63) is 96.2 Å². The minimum Gasteiger partial charge on any atom is -0.303 e. The summed E-state index contributed by atoms with van der Waals surface area (Å²) in [6.07, 6.45) is 10.5. The molecule has 0 amide bonds. The molecule has 0 aliphatic heterocycles. The number of pyridine rings is 1. The van der Waals surface area contributed by atoms with Gasteiger partial charge in [-0.05, 0) is 75.6 Å². The molecule has 1 saturated carbocycles. The average molecular weight is 549 g/mol. The standard InChI is InChI=1S/C31H37FN4O2S/c1-34(27-13-5-6-14-27)20-9-10-21-35(22-25-12-11-19-33-31(25)32)23-26-24-36(30-18-8-7-17-29(26)30)39(37,38)28-15-3-2-4-16-28/h2-4,7-8,11-12,15-19,24,27H,5-6,9-10,13-14,20-23H2,1H3. The Hall–Kier alpha value is -3.07. The maximum Gasteiger partial charge on any atom is 0.268 e. The molecule has 1 fully saturated rings. The second-order valence-electron chi connectivity index (χ2n) is 10.6. The number of unbranched alkanes of at least 4 members (excludes halogenated alkanes) is 1. The number of hydrogen-bond acceptors (Lipinski definition) is 5. The van der Waals surface area contributed by atoms with Crippen molar-refractivity contribution in [1.82, 2.24) is 18.8 Å². The molecule has 0 N–H and O–H groups in total. The predicted molar refractivity (Wildman–Crippen MR) is 153 cm³/mol. The fourth-order valence-electron chi connectivity index (χ4n) is 5.71. The lowest BCUT2D eigenvalue weighted by Crippen LogP contribution is -2.31. The average Bonchev–Trinajstić information content (AvgIpc) is 3.62. The largest absolute Gasteiger partial charge is 0.303 e. The molecule has 39 heavy (non-hydrogen) atoms. The molecule has 2 aromatic carbocycles. The quantitative estimate of drug-likeness (QED) is 0.159. The Morgan fingerprint density at radius 2 is 1.59 bits per heavy atom.